The number of aromatic nitrogens is 1. The summed E-state index contributed by atoms with van der Waals surface area (Å²) in [7, 11) is 5.99. The van der Waals surface area contributed by atoms with Crippen molar-refractivity contribution in [1.82, 2.24) is 14.8 Å². The predicted octanol–water partition coefficient (Wildman–Crippen LogP) is 3.20. The van der Waals surface area contributed by atoms with Gasteiger partial charge in [-0.25, -0.2) is 0 Å². The zero-order chi connectivity index (χ0) is 18.4. The molecule has 3 rings (SSSR count). The summed E-state index contributed by atoms with van der Waals surface area (Å²) in [5.74, 6) is 1.37. The second kappa shape index (κ2) is 8.90. The third-order valence-corrected chi connectivity index (χ3v) is 5.12. The van der Waals surface area contributed by atoms with Crippen molar-refractivity contribution in [1.29, 1.82) is 0 Å². The summed E-state index contributed by atoms with van der Waals surface area (Å²) in [4.78, 5) is 6.62. The number of rotatable bonds is 5. The summed E-state index contributed by atoms with van der Waals surface area (Å²) in [6, 6.07) is 14.8. The fraction of sp³-hybridized carbons (Fsp3) is 0.476. The quantitative estimate of drug-likeness (QED) is 0.662. The molecule has 1 saturated heterocycles. The van der Waals surface area contributed by atoms with Crippen LogP contribution in [0, 0.1) is 5.92 Å². The van der Waals surface area contributed by atoms with Crippen LogP contribution in [0.2, 0.25) is 0 Å². The second-order valence-corrected chi connectivity index (χ2v) is 7.00. The molecule has 140 valence electrons. The molecule has 1 fully saturated rings. The Kier molecular flexibility index (Phi) is 6.34. The molecule has 26 heavy (non-hydrogen) atoms. The van der Waals surface area contributed by atoms with E-state index in [9.17, 15) is 0 Å². The Morgan fingerprint density at radius 3 is 2.77 bits per heavy atom. The van der Waals surface area contributed by atoms with Gasteiger partial charge >= 0.3 is 0 Å². The first-order valence-electron chi connectivity index (χ1n) is 9.37. The third kappa shape index (κ3) is 4.47. The molecule has 1 aromatic heterocycles. The van der Waals surface area contributed by atoms with Gasteiger partial charge in [-0.1, -0.05) is 30.3 Å². The highest BCUT2D eigenvalue weighted by molar-refractivity contribution is 5.79. The van der Waals surface area contributed by atoms with Gasteiger partial charge in [0.25, 0.3) is 0 Å². The van der Waals surface area contributed by atoms with Crippen LogP contribution in [0.4, 0.5) is 0 Å². The summed E-state index contributed by atoms with van der Waals surface area (Å²) in [6.07, 6.45) is 4.52. The van der Waals surface area contributed by atoms with Gasteiger partial charge in [-0.05, 0) is 30.5 Å². The molecule has 0 amide bonds. The van der Waals surface area contributed by atoms with E-state index >= 15 is 0 Å². The minimum atomic E-state index is 0.161. The number of nitrogens with zero attached hydrogens (tertiary/aromatic N) is 3. The predicted molar refractivity (Wildman–Crippen MR) is 106 cm³/mol. The minimum Gasteiger partial charge on any atom is -0.373 e. The van der Waals surface area contributed by atoms with Gasteiger partial charge < -0.3 is 19.5 Å². The lowest BCUT2D eigenvalue weighted by Crippen LogP contribution is -2.42. The molecule has 0 saturated carbocycles. The van der Waals surface area contributed by atoms with Crippen molar-refractivity contribution in [3.05, 3.63) is 59.9 Å². The molecular weight excluding hydrogens is 324 g/mol. The van der Waals surface area contributed by atoms with Crippen molar-refractivity contribution in [3.8, 4) is 0 Å². The van der Waals surface area contributed by atoms with Gasteiger partial charge in [-0.2, -0.15) is 0 Å². The van der Waals surface area contributed by atoms with Gasteiger partial charge in [-0.15, -0.1) is 0 Å². The topological polar surface area (TPSA) is 41.8 Å². The van der Waals surface area contributed by atoms with Gasteiger partial charge in [0.15, 0.2) is 5.96 Å². The normalized spacial score (nSPS) is 20.8. The number of aryl methyl sites for hydroxylation is 1. The van der Waals surface area contributed by atoms with Crippen molar-refractivity contribution in [2.45, 2.75) is 25.5 Å². The Labute approximate surface area is 156 Å². The Bertz CT molecular complexity index is 710. The minimum absolute atomic E-state index is 0.161. The van der Waals surface area contributed by atoms with E-state index in [0.717, 1.165) is 32.1 Å². The number of guanidine groups is 1. The number of benzene rings is 1. The summed E-state index contributed by atoms with van der Waals surface area (Å²) >= 11 is 0. The Hall–Kier alpha value is -2.27. The van der Waals surface area contributed by atoms with Crippen LogP contribution < -0.4 is 5.32 Å². The van der Waals surface area contributed by atoms with Crippen molar-refractivity contribution in [3.63, 3.8) is 0 Å². The van der Waals surface area contributed by atoms with Crippen LogP contribution in [0.1, 0.15) is 30.2 Å². The fourth-order valence-electron chi connectivity index (χ4n) is 3.65. The van der Waals surface area contributed by atoms with E-state index in [2.05, 4.69) is 82.5 Å². The summed E-state index contributed by atoms with van der Waals surface area (Å²) in [5, 5.41) is 3.56. The van der Waals surface area contributed by atoms with Crippen LogP contribution in [-0.2, 0) is 18.3 Å². The molecule has 5 heteroatoms. The molecule has 5 nitrogen and oxygen atoms in total. The van der Waals surface area contributed by atoms with E-state index < -0.39 is 0 Å². The number of ether oxygens (including phenoxy) is 1. The van der Waals surface area contributed by atoms with Crippen LogP contribution in [0.15, 0.2) is 53.7 Å². The molecule has 0 aliphatic carbocycles. The van der Waals surface area contributed by atoms with Crippen molar-refractivity contribution < 1.29 is 4.74 Å². The smallest absolute Gasteiger partial charge is 0.193 e. The molecule has 2 atom stereocenters. The number of hydrogen-bond donors (Lipinski definition) is 1. The summed E-state index contributed by atoms with van der Waals surface area (Å²) in [5.41, 5.74) is 2.53. The van der Waals surface area contributed by atoms with Gasteiger partial charge in [0.2, 0.25) is 0 Å². The average Bonchev–Trinajstić information content (AvgIpc) is 3.08. The zero-order valence-electron chi connectivity index (χ0n) is 16.1. The van der Waals surface area contributed by atoms with E-state index in [1.807, 2.05) is 7.05 Å². The standard InChI is InChI=1S/C21H30N4O/c1-22-21(25(3)16-19-12-7-13-24(19)2)23-15-18-11-8-14-26-20(18)17-9-5-4-6-10-17/h4-7,9-10,12-13,18,20H,8,11,14-16H2,1-3H3,(H,22,23). The fourth-order valence-corrected chi connectivity index (χ4v) is 3.65. The molecule has 1 aliphatic heterocycles. The van der Waals surface area contributed by atoms with Gasteiger partial charge in [-0.3, -0.25) is 4.99 Å². The maximum atomic E-state index is 6.11. The van der Waals surface area contributed by atoms with E-state index in [-0.39, 0.29) is 6.10 Å². The Balaban J connectivity index is 1.60. The van der Waals surface area contributed by atoms with Crippen LogP contribution in [0.3, 0.4) is 0 Å². The average molecular weight is 354 g/mol. The Morgan fingerprint density at radius 1 is 1.27 bits per heavy atom. The molecular formula is C21H30N4O. The molecule has 2 unspecified atom stereocenters. The van der Waals surface area contributed by atoms with Crippen LogP contribution >= 0.6 is 0 Å². The largest absolute Gasteiger partial charge is 0.373 e. The lowest BCUT2D eigenvalue weighted by molar-refractivity contribution is -0.0266. The molecule has 1 aromatic carbocycles. The first-order valence-corrected chi connectivity index (χ1v) is 9.37. The molecule has 2 heterocycles. The first kappa shape index (κ1) is 18.5. The van der Waals surface area contributed by atoms with Crippen LogP contribution in [0.25, 0.3) is 0 Å². The van der Waals surface area contributed by atoms with Gasteiger partial charge in [0, 0.05) is 52.1 Å². The summed E-state index contributed by atoms with van der Waals surface area (Å²) in [6.45, 7) is 2.54. The summed E-state index contributed by atoms with van der Waals surface area (Å²) < 4.78 is 8.25. The van der Waals surface area contributed by atoms with Crippen LogP contribution in [0.5, 0.6) is 0 Å². The second-order valence-electron chi connectivity index (χ2n) is 7.00. The highest BCUT2D eigenvalue weighted by atomic mass is 16.5. The number of nitrogens with one attached hydrogen (secondary N) is 1. The van der Waals surface area contributed by atoms with Crippen LogP contribution in [-0.4, -0.2) is 42.7 Å². The third-order valence-electron chi connectivity index (χ3n) is 5.12. The molecule has 0 spiro atoms. The van der Waals surface area contributed by atoms with Gasteiger partial charge in [0.05, 0.1) is 12.6 Å². The molecule has 0 radical (unpaired) electrons. The van der Waals surface area contributed by atoms with Gasteiger partial charge in [0.1, 0.15) is 0 Å². The van der Waals surface area contributed by atoms with E-state index in [1.165, 1.54) is 17.7 Å². The SMILES string of the molecule is CN=C(NCC1CCCOC1c1ccccc1)N(C)Cc1cccn1C. The highest BCUT2D eigenvalue weighted by Gasteiger charge is 2.27. The van der Waals surface area contributed by atoms with E-state index in [0.29, 0.717) is 5.92 Å². The van der Waals surface area contributed by atoms with E-state index in [1.54, 1.807) is 0 Å². The highest BCUT2D eigenvalue weighted by Crippen LogP contribution is 2.33. The van der Waals surface area contributed by atoms with E-state index in [4.69, 9.17) is 4.74 Å². The lowest BCUT2D eigenvalue weighted by Gasteiger charge is -2.33. The number of aliphatic imine (C=N–C) groups is 1. The van der Waals surface area contributed by atoms with Crippen molar-refractivity contribution in [2.75, 3.05) is 27.2 Å². The number of hydrogen-bond acceptors (Lipinski definition) is 2. The molecule has 1 N–H and O–H groups in total. The van der Waals surface area contributed by atoms with Crippen molar-refractivity contribution >= 4 is 5.96 Å². The Morgan fingerprint density at radius 2 is 2.08 bits per heavy atom. The van der Waals surface area contributed by atoms with Crippen molar-refractivity contribution in [2.24, 2.45) is 18.0 Å². The zero-order valence-corrected chi connectivity index (χ0v) is 16.1. The lowest BCUT2D eigenvalue weighted by atomic mass is 9.89. The maximum Gasteiger partial charge on any atom is 0.193 e. The first-order chi connectivity index (χ1) is 12.7. The molecule has 0 bridgehead atoms. The maximum absolute atomic E-state index is 6.11. The monoisotopic (exact) mass is 354 g/mol. The molecule has 1 aliphatic rings. The molecule has 2 aromatic rings.